The maximum atomic E-state index is 12.8. The molecule has 2 aromatic heterocycles. The Bertz CT molecular complexity index is 1360. The molecular formula is C23H21N5O3. The lowest BCUT2D eigenvalue weighted by molar-refractivity contribution is 0.0841. The number of benzene rings is 2. The SMILES string of the molecule is CC(C)Cn1nc(C(=O)NNC(=O)c2ccc3ccccc3n2)c2ccccc2c1=O. The van der Waals surface area contributed by atoms with Gasteiger partial charge in [0.15, 0.2) is 5.69 Å². The topological polar surface area (TPSA) is 106 Å². The number of pyridine rings is 1. The second kappa shape index (κ2) is 8.35. The Balaban J connectivity index is 1.59. The molecule has 0 aliphatic carbocycles. The van der Waals surface area contributed by atoms with Crippen LogP contribution in [-0.2, 0) is 6.54 Å². The largest absolute Gasteiger partial charge is 0.290 e. The number of carbonyl (C=O) groups excluding carboxylic acids is 2. The first-order chi connectivity index (χ1) is 14.9. The van der Waals surface area contributed by atoms with E-state index in [2.05, 4.69) is 20.9 Å². The highest BCUT2D eigenvalue weighted by atomic mass is 16.2. The first kappa shape index (κ1) is 20.2. The van der Waals surface area contributed by atoms with Crippen LogP contribution in [0.25, 0.3) is 21.7 Å². The highest BCUT2D eigenvalue weighted by Gasteiger charge is 2.18. The van der Waals surface area contributed by atoms with Crippen LogP contribution in [0.1, 0.15) is 34.8 Å². The van der Waals surface area contributed by atoms with E-state index in [9.17, 15) is 14.4 Å². The maximum Gasteiger partial charge on any atom is 0.290 e. The standard InChI is InChI=1S/C23H21N5O3/c1-14(2)13-28-23(31)17-9-5-4-8-16(17)20(27-28)22(30)26-25-21(29)19-12-11-15-7-3-6-10-18(15)24-19/h3-12,14H,13H2,1-2H3,(H,25,29)(H,26,30). The number of nitrogens with zero attached hydrogens (tertiary/aromatic N) is 3. The van der Waals surface area contributed by atoms with Crippen molar-refractivity contribution in [1.82, 2.24) is 25.6 Å². The number of nitrogens with one attached hydrogen (secondary N) is 2. The van der Waals surface area contributed by atoms with Crippen molar-refractivity contribution in [2.75, 3.05) is 0 Å². The van der Waals surface area contributed by atoms with E-state index in [1.54, 1.807) is 42.5 Å². The molecule has 31 heavy (non-hydrogen) atoms. The molecule has 0 bridgehead atoms. The summed E-state index contributed by atoms with van der Waals surface area (Å²) in [7, 11) is 0. The minimum atomic E-state index is -0.622. The first-order valence-corrected chi connectivity index (χ1v) is 9.90. The third-order valence-electron chi connectivity index (χ3n) is 4.74. The van der Waals surface area contributed by atoms with Crippen LogP contribution >= 0.6 is 0 Å². The molecule has 8 nitrogen and oxygen atoms in total. The van der Waals surface area contributed by atoms with Crippen LogP contribution in [0.2, 0.25) is 0 Å². The summed E-state index contributed by atoms with van der Waals surface area (Å²) >= 11 is 0. The minimum Gasteiger partial charge on any atom is -0.267 e. The molecule has 4 rings (SSSR count). The van der Waals surface area contributed by atoms with Crippen LogP contribution in [-0.4, -0.2) is 26.6 Å². The lowest BCUT2D eigenvalue weighted by Crippen LogP contribution is -2.43. The highest BCUT2D eigenvalue weighted by molar-refractivity contribution is 6.06. The molecule has 0 saturated heterocycles. The van der Waals surface area contributed by atoms with Crippen molar-refractivity contribution in [2.24, 2.45) is 5.92 Å². The number of fused-ring (bicyclic) bond motifs is 2. The van der Waals surface area contributed by atoms with Gasteiger partial charge in [0.1, 0.15) is 5.69 Å². The van der Waals surface area contributed by atoms with Crippen LogP contribution in [0.4, 0.5) is 0 Å². The normalized spacial score (nSPS) is 11.1. The van der Waals surface area contributed by atoms with Gasteiger partial charge in [-0.1, -0.05) is 56.3 Å². The van der Waals surface area contributed by atoms with Gasteiger partial charge in [-0.2, -0.15) is 5.10 Å². The molecule has 0 unspecified atom stereocenters. The number of rotatable bonds is 4. The number of amides is 2. The zero-order valence-electron chi connectivity index (χ0n) is 17.1. The van der Waals surface area contributed by atoms with Crippen molar-refractivity contribution in [3.05, 3.63) is 82.4 Å². The van der Waals surface area contributed by atoms with E-state index in [4.69, 9.17) is 0 Å². The van der Waals surface area contributed by atoms with E-state index < -0.39 is 11.8 Å². The maximum absolute atomic E-state index is 12.8. The van der Waals surface area contributed by atoms with Gasteiger partial charge in [0.2, 0.25) is 0 Å². The third kappa shape index (κ3) is 4.13. The van der Waals surface area contributed by atoms with Gasteiger partial charge < -0.3 is 0 Å². The van der Waals surface area contributed by atoms with Gasteiger partial charge in [-0.15, -0.1) is 0 Å². The van der Waals surface area contributed by atoms with Crippen molar-refractivity contribution < 1.29 is 9.59 Å². The summed E-state index contributed by atoms with van der Waals surface area (Å²) < 4.78 is 1.29. The number of hydrogen-bond donors (Lipinski definition) is 2. The molecule has 0 saturated carbocycles. The summed E-state index contributed by atoms with van der Waals surface area (Å²) in [6.07, 6.45) is 0. The molecule has 156 valence electrons. The highest BCUT2D eigenvalue weighted by Crippen LogP contribution is 2.14. The molecule has 2 N–H and O–H groups in total. The second-order valence-corrected chi connectivity index (χ2v) is 7.57. The van der Waals surface area contributed by atoms with E-state index >= 15 is 0 Å². The molecule has 0 radical (unpaired) electrons. The molecule has 2 aromatic carbocycles. The lowest BCUT2D eigenvalue weighted by atomic mass is 10.1. The average Bonchev–Trinajstić information content (AvgIpc) is 2.78. The Morgan fingerprint density at radius 2 is 1.58 bits per heavy atom. The Hall–Kier alpha value is -4.07. The van der Waals surface area contributed by atoms with E-state index in [-0.39, 0.29) is 22.9 Å². The summed E-state index contributed by atoms with van der Waals surface area (Å²) in [6, 6.07) is 17.6. The van der Waals surface area contributed by atoms with Crippen molar-refractivity contribution in [3.8, 4) is 0 Å². The number of aromatic nitrogens is 3. The fourth-order valence-corrected chi connectivity index (χ4v) is 3.30. The molecule has 2 amide bonds. The Kier molecular flexibility index (Phi) is 5.44. The zero-order chi connectivity index (χ0) is 22.0. The molecule has 4 aromatic rings. The van der Waals surface area contributed by atoms with E-state index in [1.165, 1.54) is 4.68 Å². The van der Waals surface area contributed by atoms with Gasteiger partial charge in [-0.3, -0.25) is 25.2 Å². The van der Waals surface area contributed by atoms with Gasteiger partial charge in [0.25, 0.3) is 17.4 Å². The molecule has 0 atom stereocenters. The quantitative estimate of drug-likeness (QED) is 0.499. The van der Waals surface area contributed by atoms with E-state index in [0.29, 0.717) is 22.8 Å². The predicted molar refractivity (Wildman–Crippen MR) is 118 cm³/mol. The third-order valence-corrected chi connectivity index (χ3v) is 4.74. The minimum absolute atomic E-state index is 0.0580. The molecule has 0 spiro atoms. The summed E-state index contributed by atoms with van der Waals surface area (Å²) in [5.74, 6) is -1.01. The second-order valence-electron chi connectivity index (χ2n) is 7.57. The van der Waals surface area contributed by atoms with Crippen LogP contribution in [0.15, 0.2) is 65.5 Å². The summed E-state index contributed by atoms with van der Waals surface area (Å²) in [6.45, 7) is 4.29. The van der Waals surface area contributed by atoms with Crippen LogP contribution in [0.3, 0.4) is 0 Å². The van der Waals surface area contributed by atoms with Crippen molar-refractivity contribution in [1.29, 1.82) is 0 Å². The van der Waals surface area contributed by atoms with Gasteiger partial charge in [-0.25, -0.2) is 9.67 Å². The summed E-state index contributed by atoms with van der Waals surface area (Å²) in [5.41, 5.74) is 5.40. The van der Waals surface area contributed by atoms with Gasteiger partial charge >= 0.3 is 0 Å². The van der Waals surface area contributed by atoms with Crippen molar-refractivity contribution in [3.63, 3.8) is 0 Å². The number of hydrogen-bond acceptors (Lipinski definition) is 5. The van der Waals surface area contributed by atoms with E-state index in [0.717, 1.165) is 5.39 Å². The van der Waals surface area contributed by atoms with Crippen molar-refractivity contribution in [2.45, 2.75) is 20.4 Å². The molecule has 0 fully saturated rings. The number of hydrazine groups is 1. The fourth-order valence-electron chi connectivity index (χ4n) is 3.30. The summed E-state index contributed by atoms with van der Waals surface area (Å²) in [5, 5.41) is 5.98. The van der Waals surface area contributed by atoms with E-state index in [1.807, 2.05) is 32.0 Å². The van der Waals surface area contributed by atoms with Gasteiger partial charge in [0, 0.05) is 17.3 Å². The van der Waals surface area contributed by atoms with Crippen LogP contribution < -0.4 is 16.4 Å². The van der Waals surface area contributed by atoms with Crippen molar-refractivity contribution >= 4 is 33.5 Å². The average molecular weight is 415 g/mol. The zero-order valence-corrected chi connectivity index (χ0v) is 17.1. The summed E-state index contributed by atoms with van der Waals surface area (Å²) in [4.78, 5) is 42.3. The molecule has 8 heteroatoms. The predicted octanol–water partition coefficient (Wildman–Crippen LogP) is 2.68. The van der Waals surface area contributed by atoms with Crippen LogP contribution in [0, 0.1) is 5.92 Å². The van der Waals surface area contributed by atoms with Crippen LogP contribution in [0.5, 0.6) is 0 Å². The molecule has 0 aliphatic rings. The van der Waals surface area contributed by atoms with Gasteiger partial charge in [-0.05, 0) is 24.1 Å². The lowest BCUT2D eigenvalue weighted by Gasteiger charge is -2.13. The number of carbonyl (C=O) groups is 2. The molecular weight excluding hydrogens is 394 g/mol. The Morgan fingerprint density at radius 1 is 0.903 bits per heavy atom. The molecule has 0 aliphatic heterocycles. The molecule has 2 heterocycles. The first-order valence-electron chi connectivity index (χ1n) is 9.90. The Morgan fingerprint density at radius 3 is 2.35 bits per heavy atom. The Labute approximate surface area is 177 Å². The van der Waals surface area contributed by atoms with Gasteiger partial charge in [0.05, 0.1) is 10.9 Å². The number of para-hydroxylation sites is 1. The smallest absolute Gasteiger partial charge is 0.267 e. The monoisotopic (exact) mass is 415 g/mol. The fraction of sp³-hybridized carbons (Fsp3) is 0.174.